The molecule has 0 saturated heterocycles. The fraction of sp³-hybridized carbons (Fsp3) is 0.217. The van der Waals surface area contributed by atoms with Gasteiger partial charge in [0.2, 0.25) is 0 Å². The maximum absolute atomic E-state index is 6.12. The second-order valence-electron chi connectivity index (χ2n) is 6.31. The number of benzene rings is 3. The summed E-state index contributed by atoms with van der Waals surface area (Å²) in [4.78, 5) is 0. The van der Waals surface area contributed by atoms with Crippen molar-refractivity contribution < 1.29 is 9.47 Å². The number of hydrogen-bond donors (Lipinski definition) is 1. The minimum absolute atomic E-state index is 0. The van der Waals surface area contributed by atoms with Crippen molar-refractivity contribution >= 4 is 12.4 Å². The summed E-state index contributed by atoms with van der Waals surface area (Å²) in [6.45, 7) is 4.14. The van der Waals surface area contributed by atoms with Crippen molar-refractivity contribution in [1.29, 1.82) is 0 Å². The van der Waals surface area contributed by atoms with Gasteiger partial charge in [0, 0.05) is 18.7 Å². The van der Waals surface area contributed by atoms with Crippen molar-refractivity contribution in [2.75, 3.05) is 7.11 Å². The highest BCUT2D eigenvalue weighted by Crippen LogP contribution is 2.31. The standard InChI is InChI=1S/C23H25NO2.ClH/c1-18-11-13-20(14-12-18)17-26-23-21(9-6-10-22(23)25-2)16-24-15-19-7-4-3-5-8-19;/h3-14,24H,15-17H2,1-2H3;1H. The van der Waals surface area contributed by atoms with Crippen molar-refractivity contribution in [3.05, 3.63) is 95.1 Å². The molecule has 4 heteroatoms. The molecule has 0 amide bonds. The third-order valence-electron chi connectivity index (χ3n) is 4.27. The predicted molar refractivity (Wildman–Crippen MR) is 113 cm³/mol. The first-order chi connectivity index (χ1) is 12.8. The molecule has 0 unspecified atom stereocenters. The molecule has 0 aliphatic carbocycles. The Bertz CT molecular complexity index is 820. The second-order valence-corrected chi connectivity index (χ2v) is 6.31. The van der Waals surface area contributed by atoms with Crippen LogP contribution in [0.2, 0.25) is 0 Å². The minimum atomic E-state index is 0. The minimum Gasteiger partial charge on any atom is -0.493 e. The van der Waals surface area contributed by atoms with E-state index in [1.165, 1.54) is 11.1 Å². The molecule has 0 radical (unpaired) electrons. The lowest BCUT2D eigenvalue weighted by Gasteiger charge is -2.16. The van der Waals surface area contributed by atoms with Crippen LogP contribution in [0.25, 0.3) is 0 Å². The van der Waals surface area contributed by atoms with Crippen molar-refractivity contribution in [3.63, 3.8) is 0 Å². The van der Waals surface area contributed by atoms with Gasteiger partial charge in [0.25, 0.3) is 0 Å². The SMILES string of the molecule is COc1cccc(CNCc2ccccc2)c1OCc1ccc(C)cc1.Cl. The molecule has 27 heavy (non-hydrogen) atoms. The van der Waals surface area contributed by atoms with Crippen molar-refractivity contribution in [2.24, 2.45) is 0 Å². The van der Waals surface area contributed by atoms with Gasteiger partial charge in [0.05, 0.1) is 7.11 Å². The Balaban J connectivity index is 0.00000261. The summed E-state index contributed by atoms with van der Waals surface area (Å²) in [6.07, 6.45) is 0. The zero-order valence-corrected chi connectivity index (χ0v) is 16.6. The summed E-state index contributed by atoms with van der Waals surface area (Å²) in [5.74, 6) is 1.56. The van der Waals surface area contributed by atoms with Gasteiger partial charge in [-0.25, -0.2) is 0 Å². The van der Waals surface area contributed by atoms with Crippen LogP contribution in [0.4, 0.5) is 0 Å². The lowest BCUT2D eigenvalue weighted by Crippen LogP contribution is -2.14. The molecule has 1 N–H and O–H groups in total. The number of rotatable bonds is 8. The molecule has 0 fully saturated rings. The summed E-state index contributed by atoms with van der Waals surface area (Å²) in [5.41, 5.74) is 4.74. The number of halogens is 1. The van der Waals surface area contributed by atoms with Crippen molar-refractivity contribution in [2.45, 2.75) is 26.6 Å². The van der Waals surface area contributed by atoms with Gasteiger partial charge >= 0.3 is 0 Å². The van der Waals surface area contributed by atoms with E-state index in [2.05, 4.69) is 66.8 Å². The first-order valence-corrected chi connectivity index (χ1v) is 8.85. The summed E-state index contributed by atoms with van der Waals surface area (Å²) in [6, 6.07) is 24.8. The first-order valence-electron chi connectivity index (χ1n) is 8.85. The Morgan fingerprint density at radius 1 is 0.778 bits per heavy atom. The Hall–Kier alpha value is -2.49. The van der Waals surface area contributed by atoms with E-state index in [4.69, 9.17) is 9.47 Å². The molecule has 0 aliphatic rings. The van der Waals surface area contributed by atoms with E-state index in [9.17, 15) is 0 Å². The fourth-order valence-corrected chi connectivity index (χ4v) is 2.80. The molecule has 0 spiro atoms. The lowest BCUT2D eigenvalue weighted by atomic mass is 10.1. The number of nitrogens with one attached hydrogen (secondary N) is 1. The molecule has 3 nitrogen and oxygen atoms in total. The summed E-state index contributed by atoms with van der Waals surface area (Å²) in [5, 5.41) is 3.48. The normalized spacial score (nSPS) is 10.1. The monoisotopic (exact) mass is 383 g/mol. The zero-order chi connectivity index (χ0) is 18.2. The molecule has 3 aromatic rings. The van der Waals surface area contributed by atoms with Gasteiger partial charge in [0.1, 0.15) is 6.61 Å². The van der Waals surface area contributed by atoms with E-state index in [1.54, 1.807) is 7.11 Å². The maximum Gasteiger partial charge on any atom is 0.166 e. The molecule has 0 saturated carbocycles. The average molecular weight is 384 g/mol. The van der Waals surface area contributed by atoms with E-state index in [0.717, 1.165) is 35.7 Å². The molecule has 3 rings (SSSR count). The van der Waals surface area contributed by atoms with Gasteiger partial charge in [-0.3, -0.25) is 0 Å². The van der Waals surface area contributed by atoms with Crippen LogP contribution in [-0.4, -0.2) is 7.11 Å². The number of hydrogen-bond acceptors (Lipinski definition) is 3. The molecule has 0 heterocycles. The molecule has 142 valence electrons. The largest absolute Gasteiger partial charge is 0.493 e. The van der Waals surface area contributed by atoms with Crippen LogP contribution in [-0.2, 0) is 19.7 Å². The zero-order valence-electron chi connectivity index (χ0n) is 15.8. The van der Waals surface area contributed by atoms with Gasteiger partial charge in [-0.05, 0) is 24.1 Å². The highest BCUT2D eigenvalue weighted by molar-refractivity contribution is 5.85. The van der Waals surface area contributed by atoms with Gasteiger partial charge in [0.15, 0.2) is 11.5 Å². The van der Waals surface area contributed by atoms with Crippen LogP contribution in [0, 0.1) is 6.92 Å². The van der Waals surface area contributed by atoms with Crippen LogP contribution >= 0.6 is 12.4 Å². The van der Waals surface area contributed by atoms with Gasteiger partial charge in [-0.15, -0.1) is 12.4 Å². The quantitative estimate of drug-likeness (QED) is 0.573. The Labute approximate surface area is 167 Å². The predicted octanol–water partition coefficient (Wildman–Crippen LogP) is 5.29. The van der Waals surface area contributed by atoms with Crippen molar-refractivity contribution in [3.8, 4) is 11.5 Å². The Kier molecular flexibility index (Phi) is 8.18. The first kappa shape index (κ1) is 20.8. The highest BCUT2D eigenvalue weighted by atomic mass is 35.5. The summed E-state index contributed by atoms with van der Waals surface area (Å²) in [7, 11) is 1.68. The van der Waals surface area contributed by atoms with Crippen LogP contribution < -0.4 is 14.8 Å². The molecule has 0 bridgehead atoms. The van der Waals surface area contributed by atoms with E-state index < -0.39 is 0 Å². The average Bonchev–Trinajstić information content (AvgIpc) is 2.69. The highest BCUT2D eigenvalue weighted by Gasteiger charge is 2.11. The van der Waals surface area contributed by atoms with E-state index in [0.29, 0.717) is 6.61 Å². The van der Waals surface area contributed by atoms with E-state index in [-0.39, 0.29) is 12.4 Å². The number of aryl methyl sites for hydroxylation is 1. The maximum atomic E-state index is 6.12. The van der Waals surface area contributed by atoms with Crippen LogP contribution in [0.1, 0.15) is 22.3 Å². The molecule has 0 aromatic heterocycles. The Morgan fingerprint density at radius 3 is 2.22 bits per heavy atom. The molecule has 3 aromatic carbocycles. The Morgan fingerprint density at radius 2 is 1.52 bits per heavy atom. The smallest absolute Gasteiger partial charge is 0.166 e. The van der Waals surface area contributed by atoms with Crippen LogP contribution in [0.5, 0.6) is 11.5 Å². The number of para-hydroxylation sites is 1. The molecular formula is C23H26ClNO2. The number of ether oxygens (including phenoxy) is 2. The van der Waals surface area contributed by atoms with Gasteiger partial charge in [-0.2, -0.15) is 0 Å². The topological polar surface area (TPSA) is 30.5 Å². The van der Waals surface area contributed by atoms with E-state index >= 15 is 0 Å². The van der Waals surface area contributed by atoms with Gasteiger partial charge in [-0.1, -0.05) is 72.3 Å². The molecule has 0 atom stereocenters. The van der Waals surface area contributed by atoms with Crippen molar-refractivity contribution in [1.82, 2.24) is 5.32 Å². The number of methoxy groups -OCH3 is 1. The second kappa shape index (κ2) is 10.6. The molecule has 0 aliphatic heterocycles. The van der Waals surface area contributed by atoms with E-state index in [1.807, 2.05) is 18.2 Å². The van der Waals surface area contributed by atoms with Crippen LogP contribution in [0.3, 0.4) is 0 Å². The summed E-state index contributed by atoms with van der Waals surface area (Å²) >= 11 is 0. The fourth-order valence-electron chi connectivity index (χ4n) is 2.80. The summed E-state index contributed by atoms with van der Waals surface area (Å²) < 4.78 is 11.6. The van der Waals surface area contributed by atoms with Gasteiger partial charge < -0.3 is 14.8 Å². The van der Waals surface area contributed by atoms with Crippen LogP contribution in [0.15, 0.2) is 72.8 Å². The third-order valence-corrected chi connectivity index (χ3v) is 4.27. The third kappa shape index (κ3) is 6.02. The lowest BCUT2D eigenvalue weighted by molar-refractivity contribution is 0.280. The molecular weight excluding hydrogens is 358 g/mol.